The summed E-state index contributed by atoms with van der Waals surface area (Å²) in [5.41, 5.74) is 1.16. The zero-order chi connectivity index (χ0) is 23.2. The summed E-state index contributed by atoms with van der Waals surface area (Å²) >= 11 is 1.16. The van der Waals surface area contributed by atoms with Crippen LogP contribution in [0.2, 0.25) is 0 Å². The zero-order valence-electron chi connectivity index (χ0n) is 17.4. The Labute approximate surface area is 193 Å². The van der Waals surface area contributed by atoms with Gasteiger partial charge < -0.3 is 15.7 Å². The fraction of sp³-hybridized carbons (Fsp3) is 0.130. The third-order valence-corrected chi connectivity index (χ3v) is 5.77. The van der Waals surface area contributed by atoms with Gasteiger partial charge in [-0.1, -0.05) is 36.4 Å². The molecule has 1 aliphatic carbocycles. The van der Waals surface area contributed by atoms with Crippen LogP contribution in [-0.4, -0.2) is 51.4 Å². The van der Waals surface area contributed by atoms with E-state index in [1.807, 2.05) is 36.4 Å². The molecule has 33 heavy (non-hydrogen) atoms. The molecule has 1 heterocycles. The highest BCUT2D eigenvalue weighted by molar-refractivity contribution is 8.04. The number of allylic oxidation sites excluding steroid dienone is 2. The smallest absolute Gasteiger partial charge is 0.274 e. The first kappa shape index (κ1) is 22.5. The monoisotopic (exact) mass is 463 g/mol. The SMILES string of the molecule is O=C1C=C(SCCNC(O)Nc2ccccc2)C(=O)c2c1n[nH]c2C(=O)Nc1ccccc1. The number of aromatic amines is 1. The molecule has 0 fully saturated rings. The van der Waals surface area contributed by atoms with Crippen molar-refractivity contribution in [1.82, 2.24) is 15.5 Å². The van der Waals surface area contributed by atoms with Crippen LogP contribution in [0.1, 0.15) is 31.3 Å². The molecule has 1 atom stereocenters. The lowest BCUT2D eigenvalue weighted by Crippen LogP contribution is -2.37. The van der Waals surface area contributed by atoms with Crippen LogP contribution in [0.4, 0.5) is 11.4 Å². The number of aromatic nitrogens is 2. The van der Waals surface area contributed by atoms with Gasteiger partial charge in [-0.15, -0.1) is 11.8 Å². The van der Waals surface area contributed by atoms with Crippen LogP contribution < -0.4 is 16.0 Å². The Morgan fingerprint density at radius 2 is 1.70 bits per heavy atom. The van der Waals surface area contributed by atoms with Gasteiger partial charge in [0.25, 0.3) is 5.91 Å². The van der Waals surface area contributed by atoms with E-state index in [0.717, 1.165) is 17.4 Å². The van der Waals surface area contributed by atoms with Gasteiger partial charge >= 0.3 is 0 Å². The van der Waals surface area contributed by atoms with Crippen molar-refractivity contribution in [3.8, 4) is 0 Å². The number of benzene rings is 2. The second kappa shape index (κ2) is 10.3. The molecule has 1 unspecified atom stereocenters. The van der Waals surface area contributed by atoms with Crippen LogP contribution >= 0.6 is 11.8 Å². The number of hydrogen-bond acceptors (Lipinski definition) is 8. The number of rotatable bonds is 9. The van der Waals surface area contributed by atoms with E-state index < -0.39 is 23.8 Å². The molecule has 0 aliphatic heterocycles. The lowest BCUT2D eigenvalue weighted by atomic mass is 9.99. The van der Waals surface area contributed by atoms with Gasteiger partial charge in [0.15, 0.2) is 6.35 Å². The van der Waals surface area contributed by atoms with Crippen LogP contribution in [0.25, 0.3) is 0 Å². The van der Waals surface area contributed by atoms with E-state index in [9.17, 15) is 19.5 Å². The van der Waals surface area contributed by atoms with E-state index in [4.69, 9.17) is 0 Å². The molecule has 0 radical (unpaired) electrons. The van der Waals surface area contributed by atoms with Crippen molar-refractivity contribution in [2.75, 3.05) is 22.9 Å². The number of aliphatic hydroxyl groups is 1. The molecule has 2 aromatic carbocycles. The molecule has 168 valence electrons. The Hall–Kier alpha value is -3.73. The van der Waals surface area contributed by atoms with Crippen molar-refractivity contribution in [2.24, 2.45) is 0 Å². The summed E-state index contributed by atoms with van der Waals surface area (Å²) in [6.45, 7) is 0.365. The zero-order valence-corrected chi connectivity index (χ0v) is 18.2. The summed E-state index contributed by atoms with van der Waals surface area (Å²) in [4.78, 5) is 38.4. The molecule has 1 aromatic heterocycles. The van der Waals surface area contributed by atoms with Crippen molar-refractivity contribution in [3.63, 3.8) is 0 Å². The minimum Gasteiger partial charge on any atom is -0.361 e. The van der Waals surface area contributed by atoms with Gasteiger partial charge in [-0.3, -0.25) is 24.8 Å². The Morgan fingerprint density at radius 1 is 1.03 bits per heavy atom. The van der Waals surface area contributed by atoms with Gasteiger partial charge in [0, 0.05) is 29.7 Å². The molecule has 0 spiro atoms. The lowest BCUT2D eigenvalue weighted by molar-refractivity contribution is 0.0979. The quantitative estimate of drug-likeness (QED) is 0.241. The van der Waals surface area contributed by atoms with Crippen molar-refractivity contribution < 1.29 is 19.5 Å². The molecule has 9 nitrogen and oxygen atoms in total. The number of nitrogens with zero attached hydrogens (tertiary/aromatic N) is 1. The van der Waals surface area contributed by atoms with E-state index >= 15 is 0 Å². The molecule has 5 N–H and O–H groups in total. The molecule has 0 bridgehead atoms. The first-order chi connectivity index (χ1) is 16.0. The van der Waals surface area contributed by atoms with Crippen LogP contribution in [0, 0.1) is 0 Å². The lowest BCUT2D eigenvalue weighted by Gasteiger charge is -2.16. The Balaban J connectivity index is 1.35. The average Bonchev–Trinajstić information content (AvgIpc) is 3.27. The van der Waals surface area contributed by atoms with E-state index in [2.05, 4.69) is 26.1 Å². The number of amides is 1. The molecule has 10 heteroatoms. The summed E-state index contributed by atoms with van der Waals surface area (Å²) < 4.78 is 0. The minimum atomic E-state index is -0.973. The van der Waals surface area contributed by atoms with Gasteiger partial charge in [0.1, 0.15) is 11.4 Å². The Morgan fingerprint density at radius 3 is 2.39 bits per heavy atom. The number of Topliss-reactive ketones (excluding diaryl/α,β-unsaturated/α-hetero) is 1. The topological polar surface area (TPSA) is 136 Å². The number of aliphatic hydroxyl groups excluding tert-OH is 1. The van der Waals surface area contributed by atoms with Crippen LogP contribution in [0.3, 0.4) is 0 Å². The standard InChI is InChI=1S/C23H21N5O4S/c29-16-13-17(33-12-11-24-23(32)26-15-9-5-2-6-10-15)21(30)18-19(16)27-28-20(18)22(31)25-14-7-3-1-4-8-14/h1-10,13,23-24,26,32H,11-12H2,(H,25,31)(H,27,28). The number of para-hydroxylation sites is 2. The molecule has 0 saturated heterocycles. The first-order valence-corrected chi connectivity index (χ1v) is 11.1. The highest BCUT2D eigenvalue weighted by Gasteiger charge is 2.33. The predicted molar refractivity (Wildman–Crippen MR) is 126 cm³/mol. The third kappa shape index (κ3) is 5.37. The number of anilines is 2. The van der Waals surface area contributed by atoms with E-state index in [1.54, 1.807) is 24.3 Å². The maximum absolute atomic E-state index is 13.0. The number of ketones is 2. The summed E-state index contributed by atoms with van der Waals surface area (Å²) in [7, 11) is 0. The first-order valence-electron chi connectivity index (χ1n) is 10.1. The van der Waals surface area contributed by atoms with Gasteiger partial charge in [0.2, 0.25) is 11.6 Å². The number of thioether (sulfide) groups is 1. The number of hydrogen-bond donors (Lipinski definition) is 5. The fourth-order valence-electron chi connectivity index (χ4n) is 3.20. The summed E-state index contributed by atoms with van der Waals surface area (Å²) in [5.74, 6) is -1.03. The van der Waals surface area contributed by atoms with Crippen LogP contribution in [0.15, 0.2) is 71.6 Å². The predicted octanol–water partition coefficient (Wildman–Crippen LogP) is 2.64. The third-order valence-electron chi connectivity index (χ3n) is 4.75. The highest BCUT2D eigenvalue weighted by Crippen LogP contribution is 2.29. The Bertz CT molecular complexity index is 1190. The van der Waals surface area contributed by atoms with Crippen molar-refractivity contribution in [2.45, 2.75) is 6.35 Å². The van der Waals surface area contributed by atoms with Crippen LogP contribution in [-0.2, 0) is 0 Å². The molecular formula is C23H21N5O4S. The summed E-state index contributed by atoms with van der Waals surface area (Å²) in [5, 5.41) is 24.9. The number of nitrogens with one attached hydrogen (secondary N) is 4. The van der Waals surface area contributed by atoms with Crippen molar-refractivity contribution >= 4 is 40.6 Å². The molecule has 1 amide bonds. The van der Waals surface area contributed by atoms with Gasteiger partial charge in [-0.2, -0.15) is 5.10 Å². The molecule has 4 rings (SSSR count). The average molecular weight is 464 g/mol. The second-order valence-electron chi connectivity index (χ2n) is 7.06. The Kier molecular flexibility index (Phi) is 6.98. The van der Waals surface area contributed by atoms with E-state index in [-0.39, 0.29) is 21.9 Å². The molecule has 3 aromatic rings. The molecule has 1 aliphatic rings. The van der Waals surface area contributed by atoms with Crippen LogP contribution in [0.5, 0.6) is 0 Å². The van der Waals surface area contributed by atoms with Crippen molar-refractivity contribution in [1.29, 1.82) is 0 Å². The van der Waals surface area contributed by atoms with Gasteiger partial charge in [0.05, 0.1) is 10.5 Å². The maximum Gasteiger partial charge on any atom is 0.274 e. The van der Waals surface area contributed by atoms with E-state index in [0.29, 0.717) is 18.0 Å². The molecular weight excluding hydrogens is 442 g/mol. The van der Waals surface area contributed by atoms with Gasteiger partial charge in [-0.25, -0.2) is 0 Å². The number of carbonyl (C=O) groups excluding carboxylic acids is 3. The van der Waals surface area contributed by atoms with Gasteiger partial charge in [-0.05, 0) is 24.3 Å². The second-order valence-corrected chi connectivity index (χ2v) is 8.20. The molecule has 0 saturated carbocycles. The summed E-state index contributed by atoms with van der Waals surface area (Å²) in [6, 6.07) is 18.0. The maximum atomic E-state index is 13.0. The van der Waals surface area contributed by atoms with Crippen molar-refractivity contribution in [3.05, 3.63) is 88.6 Å². The fourth-order valence-corrected chi connectivity index (χ4v) is 4.07. The highest BCUT2D eigenvalue weighted by atomic mass is 32.2. The number of H-pyrrole nitrogens is 1. The normalized spacial score (nSPS) is 13.8. The largest absolute Gasteiger partial charge is 0.361 e. The number of carbonyl (C=O) groups is 3. The number of fused-ring (bicyclic) bond motifs is 1. The van der Waals surface area contributed by atoms with E-state index in [1.165, 1.54) is 6.08 Å². The minimum absolute atomic E-state index is 0.0304. The summed E-state index contributed by atoms with van der Waals surface area (Å²) in [6.07, 6.45) is 0.257.